The van der Waals surface area contributed by atoms with E-state index in [0.29, 0.717) is 5.69 Å². The van der Waals surface area contributed by atoms with Crippen LogP contribution in [0.5, 0.6) is 0 Å². The number of amides is 1. The molecule has 9 heteroatoms. The van der Waals surface area contributed by atoms with E-state index >= 15 is 0 Å². The van der Waals surface area contributed by atoms with Gasteiger partial charge in [0, 0.05) is 50.7 Å². The van der Waals surface area contributed by atoms with Crippen molar-refractivity contribution in [3.8, 4) is 0 Å². The third-order valence-corrected chi connectivity index (χ3v) is 5.75. The van der Waals surface area contributed by atoms with Crippen molar-refractivity contribution in [3.05, 3.63) is 46.7 Å². The smallest absolute Gasteiger partial charge is 0.268 e. The average molecular weight is 391 g/mol. The molecule has 4 rings (SSSR count). The number of nitrogens with one attached hydrogen (secondary N) is 1. The minimum Gasteiger partial charge on any atom is -0.361 e. The topological polar surface area (TPSA) is 52.9 Å². The zero-order valence-corrected chi connectivity index (χ0v) is 15.8. The zero-order chi connectivity index (χ0) is 19.1. The summed E-state index contributed by atoms with van der Waals surface area (Å²) < 4.78 is 30.0. The Balaban J connectivity index is 1.55. The van der Waals surface area contributed by atoms with Crippen LogP contribution in [0.15, 0.2) is 24.5 Å². The monoisotopic (exact) mass is 391 g/mol. The molecule has 142 valence electrons. The average Bonchev–Trinajstić information content (AvgIpc) is 3.18. The largest absolute Gasteiger partial charge is 0.361 e. The number of thiophene rings is 1. The Hall–Kier alpha value is -2.52. The fourth-order valence-electron chi connectivity index (χ4n) is 3.13. The maximum absolute atomic E-state index is 14.4. The van der Waals surface area contributed by atoms with Crippen LogP contribution < -0.4 is 10.2 Å². The van der Waals surface area contributed by atoms with Gasteiger partial charge in [0.2, 0.25) is 0 Å². The van der Waals surface area contributed by atoms with Crippen molar-refractivity contribution in [2.45, 2.75) is 6.92 Å². The first-order chi connectivity index (χ1) is 12.9. The van der Waals surface area contributed by atoms with Crippen LogP contribution in [0.3, 0.4) is 0 Å². The number of aryl methyl sites for hydroxylation is 1. The van der Waals surface area contributed by atoms with E-state index in [1.807, 2.05) is 7.05 Å². The summed E-state index contributed by atoms with van der Waals surface area (Å²) in [7, 11) is 2.04. The molecule has 4 heterocycles. The Kier molecular flexibility index (Phi) is 4.56. The van der Waals surface area contributed by atoms with E-state index in [2.05, 4.69) is 20.1 Å². The lowest BCUT2D eigenvalue weighted by atomic mass is 10.3. The second kappa shape index (κ2) is 6.90. The zero-order valence-electron chi connectivity index (χ0n) is 15.0. The molecule has 0 radical (unpaired) electrons. The van der Waals surface area contributed by atoms with Gasteiger partial charge in [-0.1, -0.05) is 0 Å². The minimum atomic E-state index is -0.589. The number of rotatable bonds is 3. The number of imidazole rings is 1. The number of hydrogen-bond acceptors (Lipinski definition) is 5. The number of likely N-dealkylation sites (N-methyl/N-ethyl adjacent to an activating group) is 1. The molecule has 0 aromatic carbocycles. The Labute approximate surface area is 159 Å². The van der Waals surface area contributed by atoms with Crippen molar-refractivity contribution in [2.24, 2.45) is 0 Å². The highest BCUT2D eigenvalue weighted by Gasteiger charge is 2.22. The van der Waals surface area contributed by atoms with Gasteiger partial charge < -0.3 is 19.5 Å². The summed E-state index contributed by atoms with van der Waals surface area (Å²) in [5.74, 6) is -1.70. The number of piperazine rings is 1. The number of aromatic nitrogens is 2. The summed E-state index contributed by atoms with van der Waals surface area (Å²) in [5, 5.41) is 3.31. The standard InChI is InChI=1S/C18H19F2N5OS/c1-11-9-25-10-12(7-14(20)17(25)21-11)22-18(26)16-13(19)8-15(27-16)24-5-3-23(2)4-6-24/h7-10H,3-6H2,1-2H3,(H,22,26). The molecular weight excluding hydrogens is 372 g/mol. The van der Waals surface area contributed by atoms with E-state index in [-0.39, 0.29) is 16.2 Å². The van der Waals surface area contributed by atoms with Gasteiger partial charge in [-0.05, 0) is 14.0 Å². The van der Waals surface area contributed by atoms with Crippen LogP contribution in [0.4, 0.5) is 19.5 Å². The quantitative estimate of drug-likeness (QED) is 0.746. The van der Waals surface area contributed by atoms with Crippen molar-refractivity contribution in [1.29, 1.82) is 0 Å². The Morgan fingerprint density at radius 2 is 1.89 bits per heavy atom. The molecule has 0 aliphatic carbocycles. The summed E-state index contributed by atoms with van der Waals surface area (Å²) in [6.45, 7) is 5.12. The van der Waals surface area contributed by atoms with E-state index in [4.69, 9.17) is 0 Å². The van der Waals surface area contributed by atoms with Gasteiger partial charge in [0.25, 0.3) is 5.91 Å². The number of anilines is 2. The molecule has 1 aliphatic heterocycles. The molecule has 1 fully saturated rings. The van der Waals surface area contributed by atoms with Gasteiger partial charge in [-0.25, -0.2) is 13.8 Å². The van der Waals surface area contributed by atoms with Crippen LogP contribution in [-0.2, 0) is 0 Å². The first-order valence-electron chi connectivity index (χ1n) is 8.60. The van der Waals surface area contributed by atoms with Gasteiger partial charge in [-0.2, -0.15) is 0 Å². The molecule has 27 heavy (non-hydrogen) atoms. The predicted octanol–water partition coefficient (Wildman–Crippen LogP) is 2.99. The number of halogens is 2. The Bertz CT molecular complexity index is 1010. The molecule has 1 saturated heterocycles. The van der Waals surface area contributed by atoms with E-state index < -0.39 is 17.5 Å². The molecule has 0 saturated carbocycles. The Morgan fingerprint density at radius 1 is 1.15 bits per heavy atom. The highest BCUT2D eigenvalue weighted by Crippen LogP contribution is 2.30. The summed E-state index contributed by atoms with van der Waals surface area (Å²) in [6.07, 6.45) is 3.22. The van der Waals surface area contributed by atoms with Gasteiger partial charge in [0.1, 0.15) is 10.7 Å². The molecular formula is C18H19F2N5OS. The van der Waals surface area contributed by atoms with E-state index in [9.17, 15) is 13.6 Å². The Morgan fingerprint density at radius 3 is 2.63 bits per heavy atom. The van der Waals surface area contributed by atoms with Crippen LogP contribution in [0.2, 0.25) is 0 Å². The molecule has 0 bridgehead atoms. The van der Waals surface area contributed by atoms with Crippen molar-refractivity contribution >= 4 is 33.6 Å². The van der Waals surface area contributed by atoms with Crippen LogP contribution >= 0.6 is 11.3 Å². The molecule has 3 aromatic rings. The number of pyridine rings is 1. The molecule has 1 aliphatic rings. The lowest BCUT2D eigenvalue weighted by Crippen LogP contribution is -2.44. The SMILES string of the molecule is Cc1cn2cc(NC(=O)c3sc(N4CCN(C)CC4)cc3F)cc(F)c2n1. The molecule has 1 amide bonds. The van der Waals surface area contributed by atoms with Crippen LogP contribution in [0.25, 0.3) is 5.65 Å². The number of fused-ring (bicyclic) bond motifs is 1. The maximum atomic E-state index is 14.4. The fourth-order valence-corrected chi connectivity index (χ4v) is 4.11. The lowest BCUT2D eigenvalue weighted by molar-refractivity contribution is 0.102. The summed E-state index contributed by atoms with van der Waals surface area (Å²) in [6, 6.07) is 2.58. The second-order valence-corrected chi connectivity index (χ2v) is 7.73. The first kappa shape index (κ1) is 17.9. The van der Waals surface area contributed by atoms with E-state index in [1.54, 1.807) is 19.3 Å². The molecule has 6 nitrogen and oxygen atoms in total. The summed E-state index contributed by atoms with van der Waals surface area (Å²) >= 11 is 1.11. The number of carbonyl (C=O) groups is 1. The van der Waals surface area contributed by atoms with Crippen LogP contribution in [-0.4, -0.2) is 53.4 Å². The summed E-state index contributed by atoms with van der Waals surface area (Å²) in [5.41, 5.74) is 1.10. The van der Waals surface area contributed by atoms with Crippen molar-refractivity contribution in [1.82, 2.24) is 14.3 Å². The van der Waals surface area contributed by atoms with Crippen molar-refractivity contribution in [2.75, 3.05) is 43.4 Å². The third kappa shape index (κ3) is 3.52. The highest BCUT2D eigenvalue weighted by molar-refractivity contribution is 7.18. The minimum absolute atomic E-state index is 0.00811. The number of carbonyl (C=O) groups excluding carboxylic acids is 1. The van der Waals surface area contributed by atoms with E-state index in [0.717, 1.165) is 42.5 Å². The molecule has 0 unspecified atom stereocenters. The van der Waals surface area contributed by atoms with Crippen molar-refractivity contribution < 1.29 is 13.6 Å². The lowest BCUT2D eigenvalue weighted by Gasteiger charge is -2.32. The van der Waals surface area contributed by atoms with Crippen LogP contribution in [0.1, 0.15) is 15.4 Å². The third-order valence-electron chi connectivity index (χ3n) is 4.58. The molecule has 3 aromatic heterocycles. The predicted molar refractivity (Wildman–Crippen MR) is 102 cm³/mol. The molecule has 0 spiro atoms. The van der Waals surface area contributed by atoms with E-state index in [1.165, 1.54) is 16.5 Å². The second-order valence-electron chi connectivity index (χ2n) is 6.70. The number of nitrogens with zero attached hydrogens (tertiary/aromatic N) is 4. The fraction of sp³-hybridized carbons (Fsp3) is 0.333. The highest BCUT2D eigenvalue weighted by atomic mass is 32.1. The van der Waals surface area contributed by atoms with Gasteiger partial charge in [-0.3, -0.25) is 4.79 Å². The van der Waals surface area contributed by atoms with Gasteiger partial charge in [0.05, 0.1) is 16.4 Å². The van der Waals surface area contributed by atoms with Gasteiger partial charge >= 0.3 is 0 Å². The first-order valence-corrected chi connectivity index (χ1v) is 9.41. The molecule has 0 atom stereocenters. The molecule has 1 N–H and O–H groups in total. The van der Waals surface area contributed by atoms with Gasteiger partial charge in [0.15, 0.2) is 11.5 Å². The normalized spacial score (nSPS) is 15.5. The number of hydrogen-bond donors (Lipinski definition) is 1. The maximum Gasteiger partial charge on any atom is 0.268 e. The van der Waals surface area contributed by atoms with Crippen LogP contribution in [0, 0.1) is 18.6 Å². The van der Waals surface area contributed by atoms with Gasteiger partial charge in [-0.15, -0.1) is 11.3 Å². The van der Waals surface area contributed by atoms with Crippen molar-refractivity contribution in [3.63, 3.8) is 0 Å². The summed E-state index contributed by atoms with van der Waals surface area (Å²) in [4.78, 5) is 20.9.